The number of anilines is 2. The smallest absolute Gasteiger partial charge is 0.243 e. The number of nitrogens with zero attached hydrogens (tertiary/aromatic N) is 5. The van der Waals surface area contributed by atoms with Gasteiger partial charge in [0.2, 0.25) is 17.8 Å². The van der Waals surface area contributed by atoms with Crippen LogP contribution in [0.3, 0.4) is 0 Å². The molecule has 0 radical (unpaired) electrons. The molecule has 2 aromatic rings. The van der Waals surface area contributed by atoms with Crippen molar-refractivity contribution in [3.05, 3.63) is 24.4 Å². The van der Waals surface area contributed by atoms with E-state index in [4.69, 9.17) is 5.73 Å². The van der Waals surface area contributed by atoms with Crippen molar-refractivity contribution in [2.45, 2.75) is 89.3 Å². The van der Waals surface area contributed by atoms with Crippen molar-refractivity contribution in [2.24, 2.45) is 0 Å². The Labute approximate surface area is 197 Å². The van der Waals surface area contributed by atoms with Crippen LogP contribution in [0, 0.1) is 0 Å². The predicted molar refractivity (Wildman–Crippen MR) is 133 cm³/mol. The van der Waals surface area contributed by atoms with Crippen molar-refractivity contribution in [2.75, 3.05) is 25.1 Å². The molecular weight excluding hydrogens is 416 g/mol. The molecule has 0 bridgehead atoms. The minimum atomic E-state index is -0.131. The van der Waals surface area contributed by atoms with Gasteiger partial charge in [-0.15, -0.1) is 0 Å². The second-order valence-electron chi connectivity index (χ2n) is 9.34. The number of fused-ring (bicyclic) bond motifs is 1. The molecule has 2 aliphatic rings. The van der Waals surface area contributed by atoms with Crippen molar-refractivity contribution in [1.82, 2.24) is 29.8 Å². The Kier molecular flexibility index (Phi) is 9.05. The summed E-state index contributed by atoms with van der Waals surface area (Å²) in [6.07, 6.45) is 15.0. The molecule has 0 saturated heterocycles. The molecule has 2 saturated carbocycles. The van der Waals surface area contributed by atoms with Crippen LogP contribution in [-0.2, 0) is 11.2 Å². The molecule has 0 aliphatic heterocycles. The number of carbonyl (C=O) groups excluding carboxylic acids is 1. The van der Waals surface area contributed by atoms with Crippen molar-refractivity contribution in [3.8, 4) is 0 Å². The topological polar surface area (TPSA) is 113 Å². The van der Waals surface area contributed by atoms with E-state index in [-0.39, 0.29) is 23.9 Å². The Bertz CT molecular complexity index is 919. The number of rotatable bonds is 6. The lowest BCUT2D eigenvalue weighted by atomic mass is 9.91. The molecule has 4 N–H and O–H groups in total. The molecule has 4 rings (SSSR count). The Balaban J connectivity index is 0.000000286. The minimum absolute atomic E-state index is 0.131. The molecule has 2 unspecified atom stereocenters. The lowest BCUT2D eigenvalue weighted by Gasteiger charge is -2.30. The van der Waals surface area contributed by atoms with Gasteiger partial charge in [-0.2, -0.15) is 19.6 Å². The van der Waals surface area contributed by atoms with Gasteiger partial charge >= 0.3 is 0 Å². The number of nitrogens with two attached hydrogens (primary N) is 1. The van der Waals surface area contributed by atoms with E-state index in [2.05, 4.69) is 58.2 Å². The SMILES string of the molecule is C=CC(=O)NC1CCCC(Nc2nc(N)nc3c(CC)cnn23)C1.CN(C)C1CCCCC1. The predicted octanol–water partition coefficient (Wildman–Crippen LogP) is 3.17. The quantitative estimate of drug-likeness (QED) is 0.572. The van der Waals surface area contributed by atoms with Crippen molar-refractivity contribution < 1.29 is 4.79 Å². The van der Waals surface area contributed by atoms with Gasteiger partial charge in [0, 0.05) is 23.7 Å². The molecular formula is C24H40N8O. The largest absolute Gasteiger partial charge is 0.368 e. The van der Waals surface area contributed by atoms with E-state index in [1.165, 1.54) is 38.2 Å². The van der Waals surface area contributed by atoms with Gasteiger partial charge in [0.15, 0.2) is 5.65 Å². The molecule has 182 valence electrons. The van der Waals surface area contributed by atoms with Gasteiger partial charge in [0.05, 0.1) is 6.20 Å². The number of hydrogen-bond donors (Lipinski definition) is 3. The van der Waals surface area contributed by atoms with Gasteiger partial charge in [-0.05, 0) is 65.1 Å². The van der Waals surface area contributed by atoms with Crippen molar-refractivity contribution in [3.63, 3.8) is 0 Å². The van der Waals surface area contributed by atoms with E-state index in [9.17, 15) is 4.79 Å². The maximum atomic E-state index is 11.5. The number of aryl methyl sites for hydroxylation is 1. The Morgan fingerprint density at radius 3 is 2.55 bits per heavy atom. The van der Waals surface area contributed by atoms with Crippen LogP contribution in [0.15, 0.2) is 18.9 Å². The zero-order valence-corrected chi connectivity index (χ0v) is 20.4. The van der Waals surface area contributed by atoms with Gasteiger partial charge in [0.1, 0.15) is 0 Å². The van der Waals surface area contributed by atoms with E-state index in [1.54, 1.807) is 10.7 Å². The normalized spacial score (nSPS) is 21.3. The average Bonchev–Trinajstić information content (AvgIpc) is 3.23. The van der Waals surface area contributed by atoms with Crippen molar-refractivity contribution in [1.29, 1.82) is 0 Å². The highest BCUT2D eigenvalue weighted by molar-refractivity contribution is 5.87. The number of nitrogen functional groups attached to an aromatic ring is 1. The summed E-state index contributed by atoms with van der Waals surface area (Å²) in [6.45, 7) is 5.55. The molecule has 2 fully saturated rings. The summed E-state index contributed by atoms with van der Waals surface area (Å²) in [5.41, 5.74) is 7.62. The Hall–Kier alpha value is -2.68. The minimum Gasteiger partial charge on any atom is -0.368 e. The fourth-order valence-electron chi connectivity index (χ4n) is 4.77. The highest BCUT2D eigenvalue weighted by atomic mass is 16.1. The van der Waals surface area contributed by atoms with Gasteiger partial charge in [-0.1, -0.05) is 32.8 Å². The summed E-state index contributed by atoms with van der Waals surface area (Å²) in [7, 11) is 4.38. The average molecular weight is 457 g/mol. The van der Waals surface area contributed by atoms with E-state index < -0.39 is 0 Å². The lowest BCUT2D eigenvalue weighted by Crippen LogP contribution is -2.41. The summed E-state index contributed by atoms with van der Waals surface area (Å²) in [4.78, 5) is 22.4. The molecule has 2 aliphatic carbocycles. The number of hydrogen-bond acceptors (Lipinski definition) is 7. The first-order chi connectivity index (χ1) is 15.9. The molecule has 33 heavy (non-hydrogen) atoms. The molecule has 2 aromatic heterocycles. The summed E-state index contributed by atoms with van der Waals surface area (Å²) in [5, 5.41) is 10.8. The van der Waals surface area contributed by atoms with Crippen LogP contribution in [0.2, 0.25) is 0 Å². The summed E-state index contributed by atoms with van der Waals surface area (Å²) < 4.78 is 1.70. The van der Waals surface area contributed by atoms with Crippen LogP contribution < -0.4 is 16.4 Å². The molecule has 1 amide bonds. The van der Waals surface area contributed by atoms with Crippen LogP contribution >= 0.6 is 0 Å². The van der Waals surface area contributed by atoms with Gasteiger partial charge in [0.25, 0.3) is 0 Å². The molecule has 2 heterocycles. The number of amides is 1. The fourth-order valence-corrected chi connectivity index (χ4v) is 4.77. The van der Waals surface area contributed by atoms with Gasteiger partial charge in [-0.25, -0.2) is 0 Å². The molecule has 9 heteroatoms. The van der Waals surface area contributed by atoms with Crippen LogP contribution in [0.25, 0.3) is 5.65 Å². The third-order valence-electron chi connectivity index (χ3n) is 6.68. The second-order valence-corrected chi connectivity index (χ2v) is 9.34. The van der Waals surface area contributed by atoms with Crippen LogP contribution in [0.1, 0.15) is 70.3 Å². The van der Waals surface area contributed by atoms with Crippen LogP contribution in [0.5, 0.6) is 0 Å². The highest BCUT2D eigenvalue weighted by Gasteiger charge is 2.24. The number of carbonyl (C=O) groups is 1. The first-order valence-corrected chi connectivity index (χ1v) is 12.3. The second kappa shape index (κ2) is 12.0. The van der Waals surface area contributed by atoms with E-state index >= 15 is 0 Å². The third kappa shape index (κ3) is 6.90. The Morgan fingerprint density at radius 1 is 1.18 bits per heavy atom. The zero-order chi connectivity index (χ0) is 23.8. The molecule has 0 spiro atoms. The van der Waals surface area contributed by atoms with Crippen LogP contribution in [-0.4, -0.2) is 62.6 Å². The summed E-state index contributed by atoms with van der Waals surface area (Å²) in [6, 6.07) is 1.22. The molecule has 2 atom stereocenters. The first kappa shape index (κ1) is 25.0. The summed E-state index contributed by atoms with van der Waals surface area (Å²) in [5.74, 6) is 0.694. The molecule has 0 aromatic carbocycles. The van der Waals surface area contributed by atoms with Crippen molar-refractivity contribution >= 4 is 23.5 Å². The standard InChI is InChI=1S/C16H23N7O.C8H17N/c1-3-10-9-18-23-14(10)21-15(17)22-16(23)20-12-7-5-6-11(8-12)19-13(24)4-2;1-9(2)8-6-4-3-5-7-8/h4,9,11-12H,2-3,5-8H2,1H3,(H,19,24)(H3,17,20,21,22);8H,3-7H2,1-2H3. The first-order valence-electron chi connectivity index (χ1n) is 12.3. The van der Waals surface area contributed by atoms with Gasteiger partial charge in [-0.3, -0.25) is 4.79 Å². The van der Waals surface area contributed by atoms with Gasteiger partial charge < -0.3 is 21.3 Å². The fraction of sp³-hybridized carbons (Fsp3) is 0.667. The third-order valence-corrected chi connectivity index (χ3v) is 6.68. The number of nitrogens with one attached hydrogen (secondary N) is 2. The van der Waals surface area contributed by atoms with E-state index in [0.717, 1.165) is 49.4 Å². The summed E-state index contributed by atoms with van der Waals surface area (Å²) >= 11 is 0. The lowest BCUT2D eigenvalue weighted by molar-refractivity contribution is -0.117. The van der Waals surface area contributed by atoms with E-state index in [1.807, 2.05) is 0 Å². The highest BCUT2D eigenvalue weighted by Crippen LogP contribution is 2.23. The Morgan fingerprint density at radius 2 is 1.91 bits per heavy atom. The van der Waals surface area contributed by atoms with Crippen LogP contribution in [0.4, 0.5) is 11.9 Å². The maximum Gasteiger partial charge on any atom is 0.243 e. The van der Waals surface area contributed by atoms with E-state index in [0.29, 0.717) is 5.95 Å². The number of aromatic nitrogens is 4. The monoisotopic (exact) mass is 456 g/mol. The molecule has 9 nitrogen and oxygen atoms in total. The maximum absolute atomic E-state index is 11.5. The zero-order valence-electron chi connectivity index (χ0n) is 20.4.